The minimum Gasteiger partial charge on any atom is -0.504 e. The molecule has 0 bridgehead atoms. The molecular formula is C12H18BNO5. The monoisotopic (exact) mass is 267 g/mol. The zero-order valence-electron chi connectivity index (χ0n) is 10.7. The van der Waals surface area contributed by atoms with Gasteiger partial charge in [0.1, 0.15) is 6.61 Å². The van der Waals surface area contributed by atoms with Crippen LogP contribution in [-0.4, -0.2) is 66.6 Å². The molecule has 1 aromatic carbocycles. The van der Waals surface area contributed by atoms with Gasteiger partial charge in [0.15, 0.2) is 11.5 Å². The summed E-state index contributed by atoms with van der Waals surface area (Å²) in [6, 6.07) is 4.26. The Kier molecular flexibility index (Phi) is 5.03. The number of benzene rings is 1. The molecule has 6 nitrogen and oxygen atoms in total. The Balaban J connectivity index is 1.86. The van der Waals surface area contributed by atoms with Crippen LogP contribution in [0.3, 0.4) is 0 Å². The third-order valence-corrected chi connectivity index (χ3v) is 3.05. The highest BCUT2D eigenvalue weighted by Crippen LogP contribution is 2.23. The quantitative estimate of drug-likeness (QED) is 0.580. The van der Waals surface area contributed by atoms with Crippen LogP contribution in [0.25, 0.3) is 0 Å². The molecule has 1 aromatic rings. The maximum absolute atomic E-state index is 9.63. The van der Waals surface area contributed by atoms with Gasteiger partial charge in [-0.3, -0.25) is 4.90 Å². The molecule has 7 heteroatoms. The second kappa shape index (κ2) is 6.77. The van der Waals surface area contributed by atoms with Gasteiger partial charge >= 0.3 is 7.12 Å². The lowest BCUT2D eigenvalue weighted by Crippen LogP contribution is -2.38. The molecular weight excluding hydrogens is 249 g/mol. The summed E-state index contributed by atoms with van der Waals surface area (Å²) in [5, 5.41) is 27.8. The van der Waals surface area contributed by atoms with Crippen molar-refractivity contribution < 1.29 is 24.6 Å². The van der Waals surface area contributed by atoms with Crippen molar-refractivity contribution >= 4 is 12.6 Å². The largest absolute Gasteiger partial charge is 0.504 e. The summed E-state index contributed by atoms with van der Waals surface area (Å²) in [5.74, 6) is 0.255. The zero-order chi connectivity index (χ0) is 13.7. The number of phenols is 1. The molecule has 0 saturated carbocycles. The van der Waals surface area contributed by atoms with Crippen molar-refractivity contribution in [2.75, 3.05) is 39.5 Å². The van der Waals surface area contributed by atoms with E-state index in [1.54, 1.807) is 0 Å². The van der Waals surface area contributed by atoms with E-state index in [0.29, 0.717) is 12.1 Å². The van der Waals surface area contributed by atoms with Crippen LogP contribution in [0.1, 0.15) is 0 Å². The average Bonchev–Trinajstić information content (AvgIpc) is 2.42. The molecule has 1 heterocycles. The molecule has 104 valence electrons. The smallest absolute Gasteiger partial charge is 0.488 e. The van der Waals surface area contributed by atoms with E-state index >= 15 is 0 Å². The van der Waals surface area contributed by atoms with Crippen LogP contribution in [-0.2, 0) is 4.74 Å². The molecule has 1 saturated heterocycles. The van der Waals surface area contributed by atoms with Gasteiger partial charge in [0, 0.05) is 19.6 Å². The van der Waals surface area contributed by atoms with E-state index in [4.69, 9.17) is 19.5 Å². The van der Waals surface area contributed by atoms with E-state index in [1.807, 2.05) is 0 Å². The molecule has 1 aliphatic rings. The third kappa shape index (κ3) is 4.10. The van der Waals surface area contributed by atoms with Crippen LogP contribution in [0.5, 0.6) is 11.5 Å². The van der Waals surface area contributed by atoms with Gasteiger partial charge in [0.25, 0.3) is 0 Å². The van der Waals surface area contributed by atoms with Crippen molar-refractivity contribution in [1.82, 2.24) is 4.90 Å². The summed E-state index contributed by atoms with van der Waals surface area (Å²) in [5.41, 5.74) is 0.291. The predicted molar refractivity (Wildman–Crippen MR) is 70.7 cm³/mol. The molecule has 0 unspecified atom stereocenters. The Bertz CT molecular complexity index is 409. The van der Waals surface area contributed by atoms with Gasteiger partial charge in [-0.05, 0) is 17.6 Å². The first kappa shape index (κ1) is 14.1. The highest BCUT2D eigenvalue weighted by Gasteiger charge is 2.14. The van der Waals surface area contributed by atoms with Crippen LogP contribution in [0.2, 0.25) is 0 Å². The average molecular weight is 267 g/mol. The topological polar surface area (TPSA) is 82.4 Å². The lowest BCUT2D eigenvalue weighted by Gasteiger charge is -2.26. The molecule has 0 atom stereocenters. The molecule has 0 amide bonds. The maximum Gasteiger partial charge on any atom is 0.488 e. The summed E-state index contributed by atoms with van der Waals surface area (Å²) in [4.78, 5) is 2.21. The number of aromatic hydroxyl groups is 1. The summed E-state index contributed by atoms with van der Waals surface area (Å²) >= 11 is 0. The standard InChI is InChI=1S/C12H18BNO5/c15-11-2-1-10(13(16)17)9-12(11)19-8-5-14-3-6-18-7-4-14/h1-2,9,15-17H,3-8H2. The number of ether oxygens (including phenoxy) is 2. The molecule has 19 heavy (non-hydrogen) atoms. The van der Waals surface area contributed by atoms with Gasteiger partial charge in [0.05, 0.1) is 13.2 Å². The van der Waals surface area contributed by atoms with Crippen LogP contribution in [0.15, 0.2) is 18.2 Å². The normalized spacial score (nSPS) is 16.3. The Hall–Kier alpha value is -1.28. The zero-order valence-corrected chi connectivity index (χ0v) is 10.7. The Morgan fingerprint density at radius 2 is 2.00 bits per heavy atom. The number of nitrogens with zero attached hydrogens (tertiary/aromatic N) is 1. The molecule has 0 radical (unpaired) electrons. The van der Waals surface area contributed by atoms with Gasteiger partial charge < -0.3 is 24.6 Å². The summed E-state index contributed by atoms with van der Waals surface area (Å²) in [7, 11) is -1.57. The number of morpholine rings is 1. The fourth-order valence-corrected chi connectivity index (χ4v) is 1.92. The molecule has 0 aliphatic carbocycles. The fraction of sp³-hybridized carbons (Fsp3) is 0.500. The van der Waals surface area contributed by atoms with Gasteiger partial charge in [-0.25, -0.2) is 0 Å². The van der Waals surface area contributed by atoms with Crippen molar-refractivity contribution in [3.8, 4) is 11.5 Å². The van der Waals surface area contributed by atoms with Gasteiger partial charge in [-0.1, -0.05) is 6.07 Å². The van der Waals surface area contributed by atoms with Crippen molar-refractivity contribution in [1.29, 1.82) is 0 Å². The molecule has 2 rings (SSSR count). The predicted octanol–water partition coefficient (Wildman–Crippen LogP) is -1.22. The van der Waals surface area contributed by atoms with Crippen LogP contribution in [0.4, 0.5) is 0 Å². The van der Waals surface area contributed by atoms with E-state index < -0.39 is 7.12 Å². The van der Waals surface area contributed by atoms with E-state index in [0.717, 1.165) is 32.8 Å². The van der Waals surface area contributed by atoms with Crippen LogP contribution in [0, 0.1) is 0 Å². The first-order valence-electron chi connectivity index (χ1n) is 6.29. The lowest BCUT2D eigenvalue weighted by molar-refractivity contribution is 0.0321. The third-order valence-electron chi connectivity index (χ3n) is 3.05. The number of phenolic OH excluding ortho intramolecular Hbond substituents is 1. The van der Waals surface area contributed by atoms with Crippen LogP contribution >= 0.6 is 0 Å². The van der Waals surface area contributed by atoms with Crippen LogP contribution < -0.4 is 10.2 Å². The first-order valence-corrected chi connectivity index (χ1v) is 6.29. The van der Waals surface area contributed by atoms with E-state index in [2.05, 4.69) is 4.90 Å². The summed E-state index contributed by atoms with van der Waals surface area (Å²) in [6.07, 6.45) is 0. The fourth-order valence-electron chi connectivity index (χ4n) is 1.92. The first-order chi connectivity index (χ1) is 9.16. The van der Waals surface area contributed by atoms with E-state index in [-0.39, 0.29) is 11.5 Å². The van der Waals surface area contributed by atoms with Crippen molar-refractivity contribution in [2.45, 2.75) is 0 Å². The van der Waals surface area contributed by atoms with Gasteiger partial charge in [0.2, 0.25) is 0 Å². The Morgan fingerprint density at radius 3 is 2.68 bits per heavy atom. The van der Waals surface area contributed by atoms with Gasteiger partial charge in [-0.2, -0.15) is 0 Å². The molecule has 0 aromatic heterocycles. The van der Waals surface area contributed by atoms with Gasteiger partial charge in [-0.15, -0.1) is 0 Å². The lowest BCUT2D eigenvalue weighted by atomic mass is 9.80. The highest BCUT2D eigenvalue weighted by molar-refractivity contribution is 6.58. The number of hydrogen-bond donors (Lipinski definition) is 3. The minimum absolute atomic E-state index is 0.00798. The second-order valence-electron chi connectivity index (χ2n) is 4.40. The molecule has 1 aliphatic heterocycles. The summed E-state index contributed by atoms with van der Waals surface area (Å²) in [6.45, 7) is 4.40. The second-order valence-corrected chi connectivity index (χ2v) is 4.40. The highest BCUT2D eigenvalue weighted by atomic mass is 16.5. The Labute approximate surface area is 112 Å². The van der Waals surface area contributed by atoms with E-state index in [9.17, 15) is 5.11 Å². The molecule has 1 fully saturated rings. The minimum atomic E-state index is -1.57. The van der Waals surface area contributed by atoms with Crippen molar-refractivity contribution in [3.05, 3.63) is 18.2 Å². The van der Waals surface area contributed by atoms with Crippen molar-refractivity contribution in [2.24, 2.45) is 0 Å². The number of hydrogen-bond acceptors (Lipinski definition) is 6. The Morgan fingerprint density at radius 1 is 1.26 bits per heavy atom. The molecule has 3 N–H and O–H groups in total. The SMILES string of the molecule is OB(O)c1ccc(O)c(OCCN2CCOCC2)c1. The molecule has 0 spiro atoms. The van der Waals surface area contributed by atoms with E-state index in [1.165, 1.54) is 18.2 Å². The van der Waals surface area contributed by atoms with Crippen molar-refractivity contribution in [3.63, 3.8) is 0 Å². The number of rotatable bonds is 5. The summed E-state index contributed by atoms with van der Waals surface area (Å²) < 4.78 is 10.7. The maximum atomic E-state index is 9.63.